The van der Waals surface area contributed by atoms with Crippen LogP contribution in [-0.4, -0.2) is 37.1 Å². The summed E-state index contributed by atoms with van der Waals surface area (Å²) in [5.41, 5.74) is 2.71. The summed E-state index contributed by atoms with van der Waals surface area (Å²) in [6.45, 7) is 7.48. The number of benzene rings is 1. The molecule has 0 spiro atoms. The van der Waals surface area contributed by atoms with E-state index in [1.54, 1.807) is 51.8 Å². The lowest BCUT2D eigenvalue weighted by Gasteiger charge is -2.35. The Hall–Kier alpha value is -2.63. The van der Waals surface area contributed by atoms with Gasteiger partial charge in [0, 0.05) is 18.4 Å². The van der Waals surface area contributed by atoms with Crippen molar-refractivity contribution in [3.63, 3.8) is 0 Å². The molecule has 0 N–H and O–H groups in total. The predicted molar refractivity (Wildman–Crippen MR) is 95.6 cm³/mol. The third-order valence-electron chi connectivity index (χ3n) is 4.56. The Balaban J connectivity index is 2.69. The minimum Gasteiger partial charge on any atom is -0.463 e. The number of nitrogens with zero attached hydrogens (tertiary/aromatic N) is 1. The van der Waals surface area contributed by atoms with Crippen molar-refractivity contribution in [3.05, 3.63) is 58.2 Å². The molecule has 0 bridgehead atoms. The van der Waals surface area contributed by atoms with Gasteiger partial charge in [-0.2, -0.15) is 0 Å². The van der Waals surface area contributed by atoms with Crippen molar-refractivity contribution in [3.8, 4) is 0 Å². The summed E-state index contributed by atoms with van der Waals surface area (Å²) in [7, 11) is 1.78. The molecule has 0 amide bonds. The molecule has 1 aromatic rings. The Kier molecular flexibility index (Phi) is 6.18. The number of halogens is 1. The lowest BCUT2D eigenvalue weighted by atomic mass is 9.80. The SMILES string of the molecule is CCOC(=O)C1=C(C)N(C)C(C)=C(C(=O)OCC)C1c1ccc(F)cc1. The van der Waals surface area contributed by atoms with Crippen LogP contribution in [0.15, 0.2) is 46.8 Å². The number of carbonyl (C=O) groups excluding carboxylic acids is 2. The Morgan fingerprint density at radius 2 is 1.38 bits per heavy atom. The lowest BCUT2D eigenvalue weighted by molar-refractivity contribution is -0.139. The van der Waals surface area contributed by atoms with Gasteiger partial charge in [0.15, 0.2) is 0 Å². The quantitative estimate of drug-likeness (QED) is 0.751. The highest BCUT2D eigenvalue weighted by Crippen LogP contribution is 2.42. The maximum atomic E-state index is 13.4. The zero-order valence-corrected chi connectivity index (χ0v) is 15.8. The van der Waals surface area contributed by atoms with Crippen molar-refractivity contribution in [2.45, 2.75) is 33.6 Å². The van der Waals surface area contributed by atoms with E-state index in [9.17, 15) is 14.0 Å². The number of ether oxygens (including phenoxy) is 2. The molecule has 0 unspecified atom stereocenters. The summed E-state index contributed by atoms with van der Waals surface area (Å²) in [5.74, 6) is -2.07. The van der Waals surface area contributed by atoms with Gasteiger partial charge in [0.1, 0.15) is 5.82 Å². The van der Waals surface area contributed by atoms with Crippen LogP contribution < -0.4 is 0 Å². The summed E-state index contributed by atoms with van der Waals surface area (Å²) in [6.07, 6.45) is 0. The smallest absolute Gasteiger partial charge is 0.336 e. The van der Waals surface area contributed by atoms with Gasteiger partial charge in [-0.25, -0.2) is 14.0 Å². The van der Waals surface area contributed by atoms with Gasteiger partial charge in [-0.05, 0) is 45.4 Å². The molecule has 2 rings (SSSR count). The number of esters is 2. The van der Waals surface area contributed by atoms with Crippen LogP contribution in [0.5, 0.6) is 0 Å². The molecule has 0 saturated heterocycles. The zero-order chi connectivity index (χ0) is 19.4. The molecule has 1 aliphatic heterocycles. The Bertz CT molecular complexity index is 723. The van der Waals surface area contributed by atoms with E-state index in [-0.39, 0.29) is 13.2 Å². The molecular formula is C20H24FNO4. The Morgan fingerprint density at radius 3 is 1.77 bits per heavy atom. The maximum absolute atomic E-state index is 13.4. The summed E-state index contributed by atoms with van der Waals surface area (Å²) < 4.78 is 23.9. The first-order valence-electron chi connectivity index (χ1n) is 8.58. The second-order valence-electron chi connectivity index (χ2n) is 5.98. The first-order chi connectivity index (χ1) is 12.3. The second kappa shape index (κ2) is 8.17. The van der Waals surface area contributed by atoms with E-state index in [4.69, 9.17) is 9.47 Å². The van der Waals surface area contributed by atoms with Crippen LogP contribution in [0, 0.1) is 5.82 Å². The Morgan fingerprint density at radius 1 is 0.962 bits per heavy atom. The first kappa shape index (κ1) is 19.7. The van der Waals surface area contributed by atoms with Crippen LogP contribution in [0.4, 0.5) is 4.39 Å². The van der Waals surface area contributed by atoms with Crippen LogP contribution >= 0.6 is 0 Å². The number of rotatable bonds is 5. The number of carbonyl (C=O) groups is 2. The van der Waals surface area contributed by atoms with Crippen molar-refractivity contribution in [2.75, 3.05) is 20.3 Å². The summed E-state index contributed by atoms with van der Waals surface area (Å²) >= 11 is 0. The van der Waals surface area contributed by atoms with Gasteiger partial charge in [-0.3, -0.25) is 0 Å². The summed E-state index contributed by atoms with van der Waals surface area (Å²) in [4.78, 5) is 27.1. The first-order valence-corrected chi connectivity index (χ1v) is 8.58. The fraction of sp³-hybridized carbons (Fsp3) is 0.400. The van der Waals surface area contributed by atoms with Gasteiger partial charge in [0.2, 0.25) is 0 Å². The van der Waals surface area contributed by atoms with E-state index in [1.807, 2.05) is 0 Å². The molecule has 1 aromatic carbocycles. The third kappa shape index (κ3) is 3.64. The average Bonchev–Trinajstić information content (AvgIpc) is 2.60. The maximum Gasteiger partial charge on any atom is 0.336 e. The minimum absolute atomic E-state index is 0.215. The highest BCUT2D eigenvalue weighted by molar-refractivity contribution is 5.99. The molecule has 6 heteroatoms. The van der Waals surface area contributed by atoms with E-state index in [2.05, 4.69) is 0 Å². The van der Waals surface area contributed by atoms with Gasteiger partial charge in [0.25, 0.3) is 0 Å². The number of hydrogen-bond donors (Lipinski definition) is 0. The standard InChI is InChI=1S/C20H24FNO4/c1-6-25-19(23)16-12(3)22(5)13(4)17(20(24)26-7-2)18(16)14-8-10-15(21)11-9-14/h8-11,18H,6-7H2,1-5H3. The summed E-state index contributed by atoms with van der Waals surface area (Å²) in [5, 5.41) is 0. The molecule has 1 aliphatic rings. The van der Waals surface area contributed by atoms with Gasteiger partial charge < -0.3 is 14.4 Å². The van der Waals surface area contributed by atoms with Gasteiger partial charge in [-0.1, -0.05) is 12.1 Å². The van der Waals surface area contributed by atoms with E-state index in [1.165, 1.54) is 12.1 Å². The minimum atomic E-state index is -0.676. The highest BCUT2D eigenvalue weighted by Gasteiger charge is 2.39. The molecule has 0 aliphatic carbocycles. The zero-order valence-electron chi connectivity index (χ0n) is 15.8. The molecule has 1 heterocycles. The van der Waals surface area contributed by atoms with Crippen LogP contribution in [0.2, 0.25) is 0 Å². The summed E-state index contributed by atoms with van der Waals surface area (Å²) in [6, 6.07) is 5.77. The predicted octanol–water partition coefficient (Wildman–Crippen LogP) is 3.53. The lowest BCUT2D eigenvalue weighted by Crippen LogP contribution is -2.33. The third-order valence-corrected chi connectivity index (χ3v) is 4.56. The Labute approximate surface area is 153 Å². The second-order valence-corrected chi connectivity index (χ2v) is 5.98. The number of allylic oxidation sites excluding steroid dienone is 2. The highest BCUT2D eigenvalue weighted by atomic mass is 19.1. The number of hydrogen-bond acceptors (Lipinski definition) is 5. The van der Waals surface area contributed by atoms with Crippen molar-refractivity contribution < 1.29 is 23.5 Å². The van der Waals surface area contributed by atoms with Gasteiger partial charge in [-0.15, -0.1) is 0 Å². The molecule has 0 saturated carbocycles. The van der Waals surface area contributed by atoms with E-state index < -0.39 is 23.7 Å². The largest absolute Gasteiger partial charge is 0.463 e. The van der Waals surface area contributed by atoms with E-state index >= 15 is 0 Å². The fourth-order valence-corrected chi connectivity index (χ4v) is 3.11. The average molecular weight is 361 g/mol. The van der Waals surface area contributed by atoms with Crippen LogP contribution in [0.3, 0.4) is 0 Å². The van der Waals surface area contributed by atoms with Crippen molar-refractivity contribution in [1.82, 2.24) is 4.90 Å². The molecule has 26 heavy (non-hydrogen) atoms. The molecule has 0 radical (unpaired) electrons. The molecule has 140 valence electrons. The molecular weight excluding hydrogens is 337 g/mol. The normalized spacial score (nSPS) is 15.4. The van der Waals surface area contributed by atoms with Crippen molar-refractivity contribution in [1.29, 1.82) is 0 Å². The van der Waals surface area contributed by atoms with Crippen LogP contribution in [0.25, 0.3) is 0 Å². The topological polar surface area (TPSA) is 55.8 Å². The van der Waals surface area contributed by atoms with Crippen LogP contribution in [-0.2, 0) is 19.1 Å². The molecule has 0 fully saturated rings. The van der Waals surface area contributed by atoms with Crippen molar-refractivity contribution >= 4 is 11.9 Å². The molecule has 0 aromatic heterocycles. The van der Waals surface area contributed by atoms with Gasteiger partial charge >= 0.3 is 11.9 Å². The monoisotopic (exact) mass is 361 g/mol. The van der Waals surface area contributed by atoms with E-state index in [0.29, 0.717) is 28.1 Å². The molecule has 0 atom stereocenters. The van der Waals surface area contributed by atoms with Crippen molar-refractivity contribution in [2.24, 2.45) is 0 Å². The van der Waals surface area contributed by atoms with E-state index in [0.717, 1.165) is 0 Å². The fourth-order valence-electron chi connectivity index (χ4n) is 3.11. The molecule has 5 nitrogen and oxygen atoms in total. The van der Waals surface area contributed by atoms with Gasteiger partial charge in [0.05, 0.1) is 30.3 Å². The van der Waals surface area contributed by atoms with Crippen LogP contribution in [0.1, 0.15) is 39.2 Å².